The van der Waals surface area contributed by atoms with Crippen LogP contribution in [0.15, 0.2) is 48.2 Å². The predicted molar refractivity (Wildman–Crippen MR) is 142 cm³/mol. The highest BCUT2D eigenvalue weighted by atomic mass is 31.3. The summed E-state index contributed by atoms with van der Waals surface area (Å²) in [6.45, 7) is -1.91. The number of primary amides is 1. The SMILES string of the molecule is NC(=O)C1=CN([C@@H]2O[C@H](COP(=O)(O)OP(=O)(O)OCC3=C(O)C(O)[C@H](n4cnc5c(N)ncnc54)O3)C(O)C2O)C=CC1. The second-order valence-corrected chi connectivity index (χ2v) is 12.6. The summed E-state index contributed by atoms with van der Waals surface area (Å²) in [7, 11) is -10.8. The number of hydrogen-bond donors (Lipinski definition) is 8. The number of aliphatic hydroxyl groups excluding tert-OH is 4. The third-order valence-electron chi connectivity index (χ3n) is 6.60. The van der Waals surface area contributed by atoms with E-state index in [1.807, 2.05) is 0 Å². The van der Waals surface area contributed by atoms with E-state index in [0.717, 1.165) is 6.33 Å². The first-order chi connectivity index (χ1) is 20.7. The number of nitrogens with two attached hydrogens (primary N) is 2. The number of phosphoric acid groups is 2. The molecule has 0 bridgehead atoms. The molecule has 0 aromatic carbocycles. The van der Waals surface area contributed by atoms with Crippen LogP contribution in [0.1, 0.15) is 12.6 Å². The molecule has 10 N–H and O–H groups in total. The first kappa shape index (κ1) is 31.9. The first-order valence-electron chi connectivity index (χ1n) is 12.5. The predicted octanol–water partition coefficient (Wildman–Crippen LogP) is -1.65. The third-order valence-corrected chi connectivity index (χ3v) is 9.18. The molecular formula is C21H27N7O14P2. The molecule has 2 aromatic heterocycles. The summed E-state index contributed by atoms with van der Waals surface area (Å²) in [5.74, 6) is -1.99. The fourth-order valence-electron chi connectivity index (χ4n) is 4.44. The number of phosphoric ester groups is 2. The Kier molecular flexibility index (Phi) is 8.82. The zero-order chi connectivity index (χ0) is 32.0. The summed E-state index contributed by atoms with van der Waals surface area (Å²) in [6.07, 6.45) is -2.07. The number of aromatic nitrogens is 4. The van der Waals surface area contributed by atoms with Crippen LogP contribution in [0.5, 0.6) is 0 Å². The van der Waals surface area contributed by atoms with Crippen LogP contribution < -0.4 is 11.5 Å². The molecule has 23 heteroatoms. The standard InChI is InChI=1S/C21H27N7O14P2/c22-17-12-19(25-7-24-17)28(8-26-12)21-16(32)14(30)11(41-21)6-39-44(36,37)42-43(34,35)38-5-10-13(29)15(31)20(40-10)27-3-1-2-9(4-27)18(23)33/h1,3-4,7-8,10,13,15-16,20-21,29-32H,2,5-6H2,(H2,23,33)(H,34,35)(H,36,37)(H2,22,24,25)/t10-,13?,15?,16?,20-,21-/m1/s1. The van der Waals surface area contributed by atoms with Gasteiger partial charge in [-0.05, 0) is 6.42 Å². The second-order valence-electron chi connectivity index (χ2n) is 9.53. The van der Waals surface area contributed by atoms with E-state index in [-0.39, 0.29) is 29.0 Å². The van der Waals surface area contributed by atoms with Gasteiger partial charge < -0.3 is 56.1 Å². The van der Waals surface area contributed by atoms with Crippen LogP contribution in [0.2, 0.25) is 0 Å². The Labute approximate surface area is 246 Å². The van der Waals surface area contributed by atoms with E-state index in [0.29, 0.717) is 0 Å². The molecule has 44 heavy (non-hydrogen) atoms. The van der Waals surface area contributed by atoms with Gasteiger partial charge in [0.2, 0.25) is 12.1 Å². The van der Waals surface area contributed by atoms with Crippen LogP contribution in [-0.4, -0.2) is 104 Å². The van der Waals surface area contributed by atoms with Crippen molar-refractivity contribution in [3.05, 3.63) is 48.2 Å². The minimum atomic E-state index is -5.40. The maximum absolute atomic E-state index is 12.4. The molecule has 3 aliphatic heterocycles. The molecule has 5 rings (SSSR count). The van der Waals surface area contributed by atoms with Gasteiger partial charge in [-0.15, -0.1) is 0 Å². The average molecular weight is 663 g/mol. The zero-order valence-electron chi connectivity index (χ0n) is 22.2. The number of hydrogen-bond acceptors (Lipinski definition) is 17. The fourth-order valence-corrected chi connectivity index (χ4v) is 6.48. The monoisotopic (exact) mass is 663 g/mol. The number of carbonyl (C=O) groups excluding carboxylic acids is 1. The zero-order valence-corrected chi connectivity index (χ0v) is 24.0. The van der Waals surface area contributed by atoms with Gasteiger partial charge in [-0.25, -0.2) is 24.1 Å². The Balaban J connectivity index is 1.16. The second kappa shape index (κ2) is 12.1. The quantitative estimate of drug-likeness (QED) is 0.125. The number of ether oxygens (including phenoxy) is 2. The van der Waals surface area contributed by atoms with Gasteiger partial charge in [0.1, 0.15) is 43.1 Å². The van der Waals surface area contributed by atoms with Gasteiger partial charge in [0.25, 0.3) is 0 Å². The Morgan fingerprint density at radius 3 is 2.55 bits per heavy atom. The van der Waals surface area contributed by atoms with Crippen LogP contribution in [0.4, 0.5) is 5.82 Å². The molecule has 5 heterocycles. The van der Waals surface area contributed by atoms with Crippen molar-refractivity contribution in [3.63, 3.8) is 0 Å². The Hall–Kier alpha value is -3.46. The number of rotatable bonds is 11. The summed E-state index contributed by atoms with van der Waals surface area (Å²) < 4.78 is 50.5. The van der Waals surface area contributed by atoms with Gasteiger partial charge in [-0.3, -0.25) is 18.4 Å². The number of fused-ring (bicyclic) bond motifs is 1. The number of anilines is 1. The summed E-state index contributed by atoms with van der Waals surface area (Å²) in [5.41, 5.74) is 11.5. The molecule has 1 saturated heterocycles. The van der Waals surface area contributed by atoms with Gasteiger partial charge in [-0.2, -0.15) is 4.31 Å². The fraction of sp³-hybridized carbons (Fsp3) is 0.429. The van der Waals surface area contributed by atoms with Gasteiger partial charge in [-0.1, -0.05) is 6.08 Å². The van der Waals surface area contributed by atoms with Gasteiger partial charge in [0.05, 0.1) is 6.61 Å². The number of amides is 1. The Morgan fingerprint density at radius 1 is 1.09 bits per heavy atom. The van der Waals surface area contributed by atoms with Crippen molar-refractivity contribution in [3.8, 4) is 0 Å². The Morgan fingerprint density at radius 2 is 1.82 bits per heavy atom. The van der Waals surface area contributed by atoms with Crippen molar-refractivity contribution in [2.24, 2.45) is 5.73 Å². The van der Waals surface area contributed by atoms with Crippen molar-refractivity contribution in [2.75, 3.05) is 18.9 Å². The topological polar surface area (TPSA) is 318 Å². The molecule has 1 amide bonds. The molecular weight excluding hydrogens is 636 g/mol. The van der Waals surface area contributed by atoms with Gasteiger partial charge >= 0.3 is 15.6 Å². The number of imidazole rings is 1. The molecule has 8 atom stereocenters. The lowest BCUT2D eigenvalue weighted by Gasteiger charge is -2.28. The summed E-state index contributed by atoms with van der Waals surface area (Å²) >= 11 is 0. The van der Waals surface area contributed by atoms with Gasteiger partial charge in [0, 0.05) is 18.0 Å². The molecule has 5 unspecified atom stereocenters. The largest absolute Gasteiger partial charge is 0.506 e. The van der Waals surface area contributed by atoms with Crippen molar-refractivity contribution in [2.45, 2.75) is 43.3 Å². The van der Waals surface area contributed by atoms with E-state index in [1.54, 1.807) is 6.08 Å². The van der Waals surface area contributed by atoms with Crippen molar-refractivity contribution >= 4 is 38.5 Å². The van der Waals surface area contributed by atoms with Crippen molar-refractivity contribution < 1.29 is 67.0 Å². The normalized spacial score (nSPS) is 29.8. The van der Waals surface area contributed by atoms with Crippen molar-refractivity contribution in [1.82, 2.24) is 24.4 Å². The van der Waals surface area contributed by atoms with E-state index in [4.69, 9.17) is 20.9 Å². The number of nitrogens with zero attached hydrogens (tertiary/aromatic N) is 5. The first-order valence-corrected chi connectivity index (χ1v) is 15.5. The highest BCUT2D eigenvalue weighted by Crippen LogP contribution is 2.61. The van der Waals surface area contributed by atoms with E-state index in [1.165, 1.54) is 28.2 Å². The van der Waals surface area contributed by atoms with Crippen LogP contribution in [-0.2, 0) is 36.8 Å². The molecule has 0 spiro atoms. The third kappa shape index (κ3) is 6.48. The lowest BCUT2D eigenvalue weighted by Crippen LogP contribution is -2.40. The van der Waals surface area contributed by atoms with Crippen LogP contribution in [0.3, 0.4) is 0 Å². The highest BCUT2D eigenvalue weighted by Gasteiger charge is 2.47. The number of carbonyl (C=O) groups is 1. The molecule has 0 radical (unpaired) electrons. The molecule has 21 nitrogen and oxygen atoms in total. The number of allylic oxidation sites excluding steroid dienone is 1. The van der Waals surface area contributed by atoms with E-state index in [9.17, 15) is 44.1 Å². The smallest absolute Gasteiger partial charge is 0.481 e. The van der Waals surface area contributed by atoms with E-state index in [2.05, 4.69) is 28.3 Å². The van der Waals surface area contributed by atoms with Crippen LogP contribution >= 0.6 is 15.6 Å². The number of nitrogen functional groups attached to an aromatic ring is 1. The lowest BCUT2D eigenvalue weighted by molar-refractivity contribution is -0.115. The number of aliphatic hydroxyl groups is 4. The van der Waals surface area contributed by atoms with E-state index >= 15 is 0 Å². The summed E-state index contributed by atoms with van der Waals surface area (Å²) in [6, 6.07) is 0. The minimum absolute atomic E-state index is 0.0380. The lowest BCUT2D eigenvalue weighted by atomic mass is 10.1. The summed E-state index contributed by atoms with van der Waals surface area (Å²) in [5, 5.41) is 41.5. The van der Waals surface area contributed by atoms with Crippen LogP contribution in [0, 0.1) is 0 Å². The molecule has 2 aromatic rings. The molecule has 0 aliphatic carbocycles. The molecule has 240 valence electrons. The highest BCUT2D eigenvalue weighted by molar-refractivity contribution is 7.61. The van der Waals surface area contributed by atoms with Gasteiger partial charge in [0.15, 0.2) is 35.3 Å². The summed E-state index contributed by atoms with van der Waals surface area (Å²) in [4.78, 5) is 44.5. The molecule has 3 aliphatic rings. The van der Waals surface area contributed by atoms with Crippen molar-refractivity contribution in [1.29, 1.82) is 0 Å². The van der Waals surface area contributed by atoms with Crippen LogP contribution in [0.25, 0.3) is 11.2 Å². The van der Waals surface area contributed by atoms with E-state index < -0.39 is 83.2 Å². The molecule has 0 saturated carbocycles. The molecule has 1 fully saturated rings. The minimum Gasteiger partial charge on any atom is -0.506 e. The maximum atomic E-state index is 12.4. The Bertz CT molecular complexity index is 1630. The average Bonchev–Trinajstić information content (AvgIpc) is 3.61. The maximum Gasteiger partial charge on any atom is 0.481 e.